The molecule has 144 valence electrons. The molecule has 2 N–H and O–H groups in total. The summed E-state index contributed by atoms with van der Waals surface area (Å²) in [6.07, 6.45) is 4.93. The second-order valence-corrected chi connectivity index (χ2v) is 8.02. The summed E-state index contributed by atoms with van der Waals surface area (Å²) in [7, 11) is 2.04. The van der Waals surface area contributed by atoms with E-state index in [2.05, 4.69) is 10.2 Å². The lowest BCUT2D eigenvalue weighted by Crippen LogP contribution is -2.31. The molecule has 6 heteroatoms. The largest absolute Gasteiger partial charge is 0.465 e. The Bertz CT molecular complexity index is 818. The highest BCUT2D eigenvalue weighted by Gasteiger charge is 2.27. The standard InChI is InChI=1S/C17H16Cl2N2O2.C4H8/c1-21-8-14(10-3-2-4-12(5-10)20-17(22)23)13-6-11(18)7-16(19)15(13)9-21;1-2-4-3-1/h2-7,14,20H,8-9H2,1H3,(H,22,23);1-4H2. The Morgan fingerprint density at radius 3 is 2.48 bits per heavy atom. The number of benzene rings is 2. The Morgan fingerprint density at radius 2 is 1.85 bits per heavy atom. The fourth-order valence-corrected chi connectivity index (χ4v) is 3.91. The van der Waals surface area contributed by atoms with Crippen molar-refractivity contribution in [1.82, 2.24) is 4.90 Å². The van der Waals surface area contributed by atoms with Crippen molar-refractivity contribution in [3.05, 3.63) is 63.1 Å². The number of carbonyl (C=O) groups is 1. The fourth-order valence-electron chi connectivity index (χ4n) is 3.34. The molecule has 2 aromatic carbocycles. The van der Waals surface area contributed by atoms with Crippen LogP contribution in [0.2, 0.25) is 10.0 Å². The number of halogens is 2. The lowest BCUT2D eigenvalue weighted by molar-refractivity contribution is 0.209. The summed E-state index contributed by atoms with van der Waals surface area (Å²) in [5.41, 5.74) is 3.76. The van der Waals surface area contributed by atoms with Gasteiger partial charge < -0.3 is 10.0 Å². The predicted molar refractivity (Wildman–Crippen MR) is 111 cm³/mol. The van der Waals surface area contributed by atoms with Crippen molar-refractivity contribution < 1.29 is 9.90 Å². The zero-order valence-corrected chi connectivity index (χ0v) is 16.9. The minimum atomic E-state index is -1.07. The van der Waals surface area contributed by atoms with Crippen molar-refractivity contribution in [3.8, 4) is 0 Å². The highest BCUT2D eigenvalue weighted by molar-refractivity contribution is 6.35. The van der Waals surface area contributed by atoms with Crippen LogP contribution < -0.4 is 5.32 Å². The van der Waals surface area contributed by atoms with Gasteiger partial charge in [0, 0.05) is 34.7 Å². The molecule has 1 fully saturated rings. The number of fused-ring (bicyclic) bond motifs is 1. The Labute approximate surface area is 170 Å². The summed E-state index contributed by atoms with van der Waals surface area (Å²) in [5.74, 6) is 0.0931. The van der Waals surface area contributed by atoms with Crippen molar-refractivity contribution in [2.75, 3.05) is 18.9 Å². The molecule has 2 aromatic rings. The number of hydrogen-bond donors (Lipinski definition) is 2. The molecule has 0 aromatic heterocycles. The molecule has 1 saturated carbocycles. The molecule has 1 atom stereocenters. The van der Waals surface area contributed by atoms with E-state index < -0.39 is 6.09 Å². The van der Waals surface area contributed by atoms with Gasteiger partial charge in [0.1, 0.15) is 0 Å². The first-order valence-corrected chi connectivity index (χ1v) is 9.96. The molecule has 1 aliphatic carbocycles. The number of likely N-dealkylation sites (N-methyl/N-ethyl adjacent to an activating group) is 1. The number of carboxylic acid groups (broad SMARTS) is 1. The van der Waals surface area contributed by atoms with E-state index in [9.17, 15) is 4.79 Å². The Kier molecular flexibility index (Phi) is 6.64. The van der Waals surface area contributed by atoms with Crippen LogP contribution in [0.15, 0.2) is 36.4 Å². The van der Waals surface area contributed by atoms with Gasteiger partial charge in [-0.15, -0.1) is 0 Å². The van der Waals surface area contributed by atoms with E-state index in [0.717, 1.165) is 29.8 Å². The van der Waals surface area contributed by atoms with Gasteiger partial charge in [0.2, 0.25) is 0 Å². The third-order valence-corrected chi connectivity index (χ3v) is 5.59. The van der Waals surface area contributed by atoms with Crippen LogP contribution >= 0.6 is 23.2 Å². The second-order valence-electron chi connectivity index (χ2n) is 7.17. The second kappa shape index (κ2) is 8.96. The van der Waals surface area contributed by atoms with Gasteiger partial charge in [-0.3, -0.25) is 5.32 Å². The topological polar surface area (TPSA) is 52.6 Å². The summed E-state index contributed by atoms with van der Waals surface area (Å²) in [4.78, 5) is 13.0. The van der Waals surface area contributed by atoms with Crippen molar-refractivity contribution in [2.24, 2.45) is 0 Å². The van der Waals surface area contributed by atoms with Gasteiger partial charge in [-0.2, -0.15) is 0 Å². The maximum absolute atomic E-state index is 10.8. The molecule has 4 nitrogen and oxygen atoms in total. The summed E-state index contributed by atoms with van der Waals surface area (Å²) >= 11 is 12.5. The van der Waals surface area contributed by atoms with Gasteiger partial charge in [0.05, 0.1) is 0 Å². The molecule has 0 saturated heterocycles. The Morgan fingerprint density at radius 1 is 1.15 bits per heavy atom. The van der Waals surface area contributed by atoms with Gasteiger partial charge in [-0.1, -0.05) is 61.0 Å². The summed E-state index contributed by atoms with van der Waals surface area (Å²) in [6.45, 7) is 1.59. The predicted octanol–water partition coefficient (Wildman–Crippen LogP) is 6.22. The molecule has 0 radical (unpaired) electrons. The third-order valence-electron chi connectivity index (χ3n) is 5.03. The van der Waals surface area contributed by atoms with Gasteiger partial charge in [0.25, 0.3) is 0 Å². The molecule has 2 aliphatic rings. The van der Waals surface area contributed by atoms with Crippen molar-refractivity contribution >= 4 is 35.0 Å². The van der Waals surface area contributed by atoms with E-state index in [1.807, 2.05) is 31.3 Å². The lowest BCUT2D eigenvalue weighted by Gasteiger charge is -2.33. The first-order valence-electron chi connectivity index (χ1n) is 9.20. The van der Waals surface area contributed by atoms with Crippen LogP contribution in [0.25, 0.3) is 0 Å². The van der Waals surface area contributed by atoms with Gasteiger partial charge in [-0.05, 0) is 48.0 Å². The number of hydrogen-bond acceptors (Lipinski definition) is 2. The molecule has 0 bridgehead atoms. The van der Waals surface area contributed by atoms with Gasteiger partial charge in [0.15, 0.2) is 0 Å². The van der Waals surface area contributed by atoms with Gasteiger partial charge >= 0.3 is 6.09 Å². The number of rotatable bonds is 2. The van der Waals surface area contributed by atoms with Crippen LogP contribution in [0.4, 0.5) is 10.5 Å². The summed E-state index contributed by atoms with van der Waals surface area (Å²) in [6, 6.07) is 11.2. The van der Waals surface area contributed by atoms with E-state index in [-0.39, 0.29) is 5.92 Å². The van der Waals surface area contributed by atoms with Crippen LogP contribution in [0.3, 0.4) is 0 Å². The SMILES string of the molecule is C1CCC1.CN1Cc2c(Cl)cc(Cl)cc2C(c2cccc(NC(=O)O)c2)C1. The molecule has 1 heterocycles. The van der Waals surface area contributed by atoms with E-state index in [0.29, 0.717) is 15.7 Å². The highest BCUT2D eigenvalue weighted by Crippen LogP contribution is 2.38. The van der Waals surface area contributed by atoms with Crippen LogP contribution in [-0.2, 0) is 6.54 Å². The summed E-state index contributed by atoms with van der Waals surface area (Å²) in [5, 5.41) is 12.6. The fraction of sp³-hybridized carbons (Fsp3) is 0.381. The van der Waals surface area contributed by atoms with E-state index in [4.69, 9.17) is 28.3 Å². The number of anilines is 1. The smallest absolute Gasteiger partial charge is 0.409 e. The first-order chi connectivity index (χ1) is 12.9. The van der Waals surface area contributed by atoms with Crippen LogP contribution in [0, 0.1) is 0 Å². The molecule has 1 aliphatic heterocycles. The molecule has 4 rings (SSSR count). The van der Waals surface area contributed by atoms with Crippen LogP contribution in [0.1, 0.15) is 48.3 Å². The maximum Gasteiger partial charge on any atom is 0.409 e. The average Bonchev–Trinajstić information content (AvgIpc) is 2.53. The van der Waals surface area contributed by atoms with E-state index >= 15 is 0 Å². The molecule has 1 amide bonds. The average molecular weight is 407 g/mol. The number of nitrogens with zero attached hydrogens (tertiary/aromatic N) is 1. The summed E-state index contributed by atoms with van der Waals surface area (Å²) < 4.78 is 0. The van der Waals surface area contributed by atoms with Crippen LogP contribution in [-0.4, -0.2) is 29.7 Å². The lowest BCUT2D eigenvalue weighted by atomic mass is 9.84. The van der Waals surface area contributed by atoms with Crippen LogP contribution in [0.5, 0.6) is 0 Å². The first kappa shape index (κ1) is 20.0. The molecule has 0 spiro atoms. The third kappa shape index (κ3) is 5.16. The maximum atomic E-state index is 10.8. The van der Waals surface area contributed by atoms with Gasteiger partial charge in [-0.25, -0.2) is 4.79 Å². The van der Waals surface area contributed by atoms with E-state index in [1.165, 1.54) is 25.7 Å². The Balaban J connectivity index is 0.000000466. The van der Waals surface area contributed by atoms with Crippen molar-refractivity contribution in [2.45, 2.75) is 38.1 Å². The highest BCUT2D eigenvalue weighted by atomic mass is 35.5. The molecular formula is C21H24Cl2N2O2. The zero-order chi connectivity index (χ0) is 19.4. The normalized spacial score (nSPS) is 18.6. The van der Waals surface area contributed by atoms with E-state index in [1.54, 1.807) is 12.1 Å². The zero-order valence-electron chi connectivity index (χ0n) is 15.3. The number of nitrogens with one attached hydrogen (secondary N) is 1. The van der Waals surface area contributed by atoms with Crippen molar-refractivity contribution in [3.63, 3.8) is 0 Å². The molecular weight excluding hydrogens is 383 g/mol. The number of amides is 1. The minimum absolute atomic E-state index is 0.0931. The molecule has 27 heavy (non-hydrogen) atoms. The minimum Gasteiger partial charge on any atom is -0.465 e. The molecule has 1 unspecified atom stereocenters. The van der Waals surface area contributed by atoms with Crippen molar-refractivity contribution in [1.29, 1.82) is 0 Å². The quantitative estimate of drug-likeness (QED) is 0.621. The Hall–Kier alpha value is -1.75. The monoisotopic (exact) mass is 406 g/mol.